The van der Waals surface area contributed by atoms with Gasteiger partial charge in [-0.25, -0.2) is 8.78 Å². The van der Waals surface area contributed by atoms with Gasteiger partial charge in [-0.15, -0.1) is 0 Å². The van der Waals surface area contributed by atoms with Gasteiger partial charge in [0.1, 0.15) is 17.4 Å². The summed E-state index contributed by atoms with van der Waals surface area (Å²) < 4.78 is 37.9. The molecule has 102 valence electrons. The molecule has 3 nitrogen and oxygen atoms in total. The Balaban J connectivity index is 1.84. The van der Waals surface area contributed by atoms with Crippen molar-refractivity contribution in [2.45, 2.75) is 31.0 Å². The minimum atomic E-state index is -0.822. The predicted octanol–water partition coefficient (Wildman–Crippen LogP) is 2.54. The summed E-state index contributed by atoms with van der Waals surface area (Å²) in [5.41, 5.74) is 0.137. The summed E-state index contributed by atoms with van der Waals surface area (Å²) >= 11 is 0. The van der Waals surface area contributed by atoms with Gasteiger partial charge in [-0.05, 0) is 24.6 Å². The number of benzene rings is 1. The first-order chi connectivity index (χ1) is 9.10. The summed E-state index contributed by atoms with van der Waals surface area (Å²) in [6.45, 7) is 0.957. The van der Waals surface area contributed by atoms with Crippen molar-refractivity contribution in [2.75, 3.05) is 13.2 Å². The molecule has 1 aliphatic heterocycles. The van der Waals surface area contributed by atoms with Crippen LogP contribution in [0.1, 0.15) is 30.7 Å². The summed E-state index contributed by atoms with van der Waals surface area (Å²) in [6, 6.07) is 3.22. The second-order valence-corrected chi connectivity index (χ2v) is 5.01. The van der Waals surface area contributed by atoms with E-state index in [1.165, 1.54) is 0 Å². The molecule has 5 heteroatoms. The Morgan fingerprint density at radius 1 is 1.21 bits per heavy atom. The average Bonchev–Trinajstić information content (AvgIpc) is 2.81. The van der Waals surface area contributed by atoms with E-state index < -0.39 is 23.3 Å². The highest BCUT2D eigenvalue weighted by atomic mass is 19.1. The van der Waals surface area contributed by atoms with Crippen LogP contribution in [0, 0.1) is 11.6 Å². The lowest BCUT2D eigenvalue weighted by atomic mass is 9.79. The normalized spacial score (nSPS) is 26.0. The van der Waals surface area contributed by atoms with E-state index in [0.29, 0.717) is 26.1 Å². The molecule has 1 aromatic rings. The van der Waals surface area contributed by atoms with Crippen LogP contribution < -0.4 is 0 Å². The second kappa shape index (κ2) is 4.65. The van der Waals surface area contributed by atoms with Gasteiger partial charge in [0.25, 0.3) is 0 Å². The van der Waals surface area contributed by atoms with Crippen LogP contribution in [0.3, 0.4) is 0 Å². The second-order valence-electron chi connectivity index (χ2n) is 5.01. The third-order valence-electron chi connectivity index (χ3n) is 3.79. The van der Waals surface area contributed by atoms with Gasteiger partial charge in [0.05, 0.1) is 19.6 Å². The molecule has 1 atom stereocenters. The topological polar surface area (TPSA) is 35.5 Å². The molecule has 0 bridgehead atoms. The van der Waals surface area contributed by atoms with Crippen LogP contribution in [0.4, 0.5) is 8.78 Å². The third-order valence-corrected chi connectivity index (χ3v) is 3.79. The number of halogens is 2. The SMILES string of the molecule is O=C1CC2(CCC1c1cc(F)ccc1F)OCCO2. The Morgan fingerprint density at radius 2 is 1.95 bits per heavy atom. The van der Waals surface area contributed by atoms with Crippen LogP contribution in [-0.2, 0) is 14.3 Å². The molecule has 0 N–H and O–H groups in total. The summed E-state index contributed by atoms with van der Waals surface area (Å²) in [6.07, 6.45) is 1.05. The van der Waals surface area contributed by atoms with Crippen LogP contribution >= 0.6 is 0 Å². The van der Waals surface area contributed by atoms with Crippen LogP contribution in [-0.4, -0.2) is 24.8 Å². The molecule has 0 radical (unpaired) electrons. The molecular weight excluding hydrogens is 254 g/mol. The van der Waals surface area contributed by atoms with Crippen molar-refractivity contribution in [1.29, 1.82) is 0 Å². The van der Waals surface area contributed by atoms with Crippen LogP contribution in [0.15, 0.2) is 18.2 Å². The molecule has 1 saturated carbocycles. The van der Waals surface area contributed by atoms with Crippen molar-refractivity contribution in [2.24, 2.45) is 0 Å². The monoisotopic (exact) mass is 268 g/mol. The van der Waals surface area contributed by atoms with Crippen LogP contribution in [0.25, 0.3) is 0 Å². The summed E-state index contributed by atoms with van der Waals surface area (Å²) in [4.78, 5) is 12.2. The van der Waals surface area contributed by atoms with Gasteiger partial charge >= 0.3 is 0 Å². The first-order valence-electron chi connectivity index (χ1n) is 6.35. The van der Waals surface area contributed by atoms with Gasteiger partial charge in [-0.2, -0.15) is 0 Å². The quantitative estimate of drug-likeness (QED) is 0.785. The Hall–Kier alpha value is -1.33. The Morgan fingerprint density at radius 3 is 2.63 bits per heavy atom. The zero-order valence-electron chi connectivity index (χ0n) is 10.3. The van der Waals surface area contributed by atoms with Gasteiger partial charge in [-0.3, -0.25) is 4.79 Å². The van der Waals surface area contributed by atoms with Crippen molar-refractivity contribution >= 4 is 5.78 Å². The molecular formula is C14H14F2O3. The third kappa shape index (κ3) is 2.28. The predicted molar refractivity (Wildman–Crippen MR) is 62.6 cm³/mol. The van der Waals surface area contributed by atoms with Crippen molar-refractivity contribution in [3.05, 3.63) is 35.4 Å². The highest BCUT2D eigenvalue weighted by molar-refractivity contribution is 5.87. The fourth-order valence-electron chi connectivity index (χ4n) is 2.86. The standard InChI is InChI=1S/C14H14F2O3/c15-9-1-2-12(16)11(7-9)10-3-4-14(8-13(10)17)18-5-6-19-14/h1-2,7,10H,3-6,8H2. The number of hydrogen-bond donors (Lipinski definition) is 0. The van der Waals surface area contributed by atoms with E-state index >= 15 is 0 Å². The number of ketones is 1. The summed E-state index contributed by atoms with van der Waals surface area (Å²) in [5.74, 6) is -2.65. The fraction of sp³-hybridized carbons (Fsp3) is 0.500. The molecule has 1 spiro atoms. The van der Waals surface area contributed by atoms with E-state index in [9.17, 15) is 13.6 Å². The molecule has 1 unspecified atom stereocenters. The van der Waals surface area contributed by atoms with E-state index in [-0.39, 0.29) is 17.8 Å². The first kappa shape index (κ1) is 12.7. The molecule has 2 aliphatic rings. The van der Waals surface area contributed by atoms with Gasteiger partial charge < -0.3 is 9.47 Å². The van der Waals surface area contributed by atoms with Crippen molar-refractivity contribution < 1.29 is 23.0 Å². The van der Waals surface area contributed by atoms with Crippen LogP contribution in [0.2, 0.25) is 0 Å². The molecule has 0 amide bonds. The minimum Gasteiger partial charge on any atom is -0.347 e. The molecule has 1 aromatic carbocycles. The number of rotatable bonds is 1. The Kier molecular flexibility index (Phi) is 3.11. The van der Waals surface area contributed by atoms with Crippen molar-refractivity contribution in [1.82, 2.24) is 0 Å². The maximum atomic E-state index is 13.7. The summed E-state index contributed by atoms with van der Waals surface area (Å²) in [7, 11) is 0. The van der Waals surface area contributed by atoms with E-state index in [2.05, 4.69) is 0 Å². The van der Waals surface area contributed by atoms with E-state index in [0.717, 1.165) is 18.2 Å². The van der Waals surface area contributed by atoms with E-state index in [1.807, 2.05) is 0 Å². The number of hydrogen-bond acceptors (Lipinski definition) is 3. The van der Waals surface area contributed by atoms with E-state index in [1.54, 1.807) is 0 Å². The average molecular weight is 268 g/mol. The maximum absolute atomic E-state index is 13.7. The molecule has 2 fully saturated rings. The lowest BCUT2D eigenvalue weighted by Crippen LogP contribution is -2.40. The highest BCUT2D eigenvalue weighted by Gasteiger charge is 2.45. The molecule has 1 saturated heterocycles. The van der Waals surface area contributed by atoms with Crippen molar-refractivity contribution in [3.63, 3.8) is 0 Å². The highest BCUT2D eigenvalue weighted by Crippen LogP contribution is 2.40. The maximum Gasteiger partial charge on any atom is 0.175 e. The van der Waals surface area contributed by atoms with Crippen LogP contribution in [0.5, 0.6) is 0 Å². The van der Waals surface area contributed by atoms with Gasteiger partial charge in [0, 0.05) is 17.9 Å². The zero-order chi connectivity index (χ0) is 13.5. The molecule has 0 aromatic heterocycles. The first-order valence-corrected chi connectivity index (χ1v) is 6.35. The van der Waals surface area contributed by atoms with Gasteiger partial charge in [0.15, 0.2) is 5.79 Å². The molecule has 1 heterocycles. The number of carbonyl (C=O) groups is 1. The lowest BCUT2D eigenvalue weighted by molar-refractivity contribution is -0.182. The van der Waals surface area contributed by atoms with Gasteiger partial charge in [0.2, 0.25) is 0 Å². The van der Waals surface area contributed by atoms with Crippen molar-refractivity contribution in [3.8, 4) is 0 Å². The zero-order valence-corrected chi connectivity index (χ0v) is 10.3. The number of Topliss-reactive ketones (excluding diaryl/α,β-unsaturated/α-hetero) is 1. The largest absolute Gasteiger partial charge is 0.347 e. The smallest absolute Gasteiger partial charge is 0.175 e. The van der Waals surface area contributed by atoms with E-state index in [4.69, 9.17) is 9.47 Å². The number of carbonyl (C=O) groups excluding carboxylic acids is 1. The Labute approximate surface area is 109 Å². The molecule has 19 heavy (non-hydrogen) atoms. The van der Waals surface area contributed by atoms with Gasteiger partial charge in [-0.1, -0.05) is 0 Å². The lowest BCUT2D eigenvalue weighted by Gasteiger charge is -2.34. The fourth-order valence-corrected chi connectivity index (χ4v) is 2.86. The Bertz CT molecular complexity index is 509. The molecule has 1 aliphatic carbocycles. The number of ether oxygens (including phenoxy) is 2. The molecule has 3 rings (SSSR count). The minimum absolute atomic E-state index is 0.105. The summed E-state index contributed by atoms with van der Waals surface area (Å²) in [5, 5.41) is 0.